The number of esters is 1. The molecule has 2 atom stereocenters. The van der Waals surface area contributed by atoms with E-state index in [0.717, 1.165) is 70.6 Å². The van der Waals surface area contributed by atoms with Gasteiger partial charge in [0.05, 0.1) is 25.4 Å². The highest BCUT2D eigenvalue weighted by Crippen LogP contribution is 2.19. The van der Waals surface area contributed by atoms with Gasteiger partial charge in [-0.3, -0.25) is 9.59 Å². The van der Waals surface area contributed by atoms with Crippen LogP contribution in [0.15, 0.2) is 24.3 Å². The van der Waals surface area contributed by atoms with Crippen molar-refractivity contribution in [3.63, 3.8) is 0 Å². The fraction of sp³-hybridized carbons (Fsp3) is 0.914. The Hall–Kier alpha value is -1.66. The van der Waals surface area contributed by atoms with Crippen molar-refractivity contribution in [1.82, 2.24) is 5.32 Å². The van der Waals surface area contributed by atoms with Crippen LogP contribution < -0.4 is 5.32 Å². The number of aliphatic hydroxyl groups excluding tert-OH is 2. The summed E-state index contributed by atoms with van der Waals surface area (Å²) in [5, 5.41) is 23.4. The molecule has 0 aromatic heterocycles. The molecular formula is C70H135NO5. The van der Waals surface area contributed by atoms with Gasteiger partial charge in [-0.25, -0.2) is 0 Å². The second kappa shape index (κ2) is 65.9. The maximum absolute atomic E-state index is 12.5. The number of unbranched alkanes of at least 4 members (excludes halogenated alkanes) is 51. The van der Waals surface area contributed by atoms with Gasteiger partial charge >= 0.3 is 5.97 Å². The molecule has 2 unspecified atom stereocenters. The van der Waals surface area contributed by atoms with Crippen LogP contribution in [0.1, 0.15) is 386 Å². The smallest absolute Gasteiger partial charge is 0.305 e. The molecule has 0 aliphatic carbocycles. The molecule has 6 nitrogen and oxygen atoms in total. The molecule has 0 rings (SSSR count). The molecule has 0 heterocycles. The quantitative estimate of drug-likeness (QED) is 0.0320. The van der Waals surface area contributed by atoms with Crippen molar-refractivity contribution in [3.8, 4) is 0 Å². The largest absolute Gasteiger partial charge is 0.466 e. The van der Waals surface area contributed by atoms with Crippen molar-refractivity contribution in [2.45, 2.75) is 398 Å². The van der Waals surface area contributed by atoms with Crippen molar-refractivity contribution in [2.24, 2.45) is 0 Å². The van der Waals surface area contributed by atoms with Gasteiger partial charge < -0.3 is 20.3 Å². The monoisotopic (exact) mass is 1070 g/mol. The minimum atomic E-state index is -0.672. The third-order valence-electron chi connectivity index (χ3n) is 16.3. The van der Waals surface area contributed by atoms with E-state index in [2.05, 4.69) is 43.5 Å². The molecule has 0 aliphatic heterocycles. The van der Waals surface area contributed by atoms with E-state index in [0.29, 0.717) is 25.9 Å². The highest BCUT2D eigenvalue weighted by molar-refractivity contribution is 5.76. The minimum absolute atomic E-state index is 0.00752. The summed E-state index contributed by atoms with van der Waals surface area (Å²) in [6.07, 6.45) is 82.1. The number of hydrogen-bond donors (Lipinski definition) is 3. The Morgan fingerprint density at radius 3 is 0.974 bits per heavy atom. The lowest BCUT2D eigenvalue weighted by molar-refractivity contribution is -0.143. The third-order valence-corrected chi connectivity index (χ3v) is 16.3. The molecule has 0 fully saturated rings. The summed E-state index contributed by atoms with van der Waals surface area (Å²) in [5.74, 6) is -0.0482. The highest BCUT2D eigenvalue weighted by atomic mass is 16.5. The molecule has 76 heavy (non-hydrogen) atoms. The van der Waals surface area contributed by atoms with Gasteiger partial charge in [-0.1, -0.05) is 340 Å². The van der Waals surface area contributed by atoms with E-state index in [1.165, 1.54) is 283 Å². The zero-order chi connectivity index (χ0) is 55.0. The number of allylic oxidation sites excluding steroid dienone is 4. The lowest BCUT2D eigenvalue weighted by Gasteiger charge is -2.22. The van der Waals surface area contributed by atoms with Gasteiger partial charge in [0.15, 0.2) is 0 Å². The van der Waals surface area contributed by atoms with Gasteiger partial charge in [-0.05, 0) is 57.8 Å². The number of carbonyl (C=O) groups is 2. The lowest BCUT2D eigenvalue weighted by atomic mass is 10.0. The van der Waals surface area contributed by atoms with E-state index in [1.54, 1.807) is 0 Å². The van der Waals surface area contributed by atoms with E-state index in [-0.39, 0.29) is 18.5 Å². The molecule has 450 valence electrons. The van der Waals surface area contributed by atoms with Crippen molar-refractivity contribution in [1.29, 1.82) is 0 Å². The Morgan fingerprint density at radius 2 is 0.645 bits per heavy atom. The Balaban J connectivity index is 3.44. The molecule has 0 saturated carbocycles. The summed E-state index contributed by atoms with van der Waals surface area (Å²) in [7, 11) is 0. The highest BCUT2D eigenvalue weighted by Gasteiger charge is 2.20. The van der Waals surface area contributed by atoms with Crippen LogP contribution in [0.2, 0.25) is 0 Å². The van der Waals surface area contributed by atoms with Crippen LogP contribution >= 0.6 is 0 Å². The zero-order valence-corrected chi connectivity index (χ0v) is 51.5. The van der Waals surface area contributed by atoms with Gasteiger partial charge in [-0.2, -0.15) is 0 Å². The molecule has 0 saturated heterocycles. The Kier molecular flexibility index (Phi) is 64.4. The molecule has 0 spiro atoms. The Labute approximate surface area is 475 Å². The fourth-order valence-corrected chi connectivity index (χ4v) is 11.0. The first-order valence-corrected chi connectivity index (χ1v) is 34.6. The van der Waals surface area contributed by atoms with Gasteiger partial charge in [0.2, 0.25) is 5.91 Å². The second-order valence-corrected chi connectivity index (χ2v) is 23.9. The van der Waals surface area contributed by atoms with Crippen LogP contribution in [0.25, 0.3) is 0 Å². The summed E-state index contributed by atoms with van der Waals surface area (Å²) >= 11 is 0. The summed E-state index contributed by atoms with van der Waals surface area (Å²) in [6, 6.07) is -0.550. The van der Waals surface area contributed by atoms with E-state index in [4.69, 9.17) is 4.74 Å². The molecule has 3 N–H and O–H groups in total. The Bertz CT molecular complexity index is 1190. The van der Waals surface area contributed by atoms with E-state index in [9.17, 15) is 19.8 Å². The number of nitrogens with one attached hydrogen (secondary N) is 1. The number of carbonyl (C=O) groups excluding carboxylic acids is 2. The van der Waals surface area contributed by atoms with E-state index >= 15 is 0 Å². The van der Waals surface area contributed by atoms with Crippen LogP contribution in [0, 0.1) is 0 Å². The minimum Gasteiger partial charge on any atom is -0.466 e. The molecule has 0 aromatic carbocycles. The van der Waals surface area contributed by atoms with Gasteiger partial charge in [0, 0.05) is 12.8 Å². The molecule has 6 heteroatoms. The number of hydrogen-bond acceptors (Lipinski definition) is 5. The van der Waals surface area contributed by atoms with Gasteiger partial charge in [-0.15, -0.1) is 0 Å². The predicted molar refractivity (Wildman–Crippen MR) is 333 cm³/mol. The number of ether oxygens (including phenoxy) is 1. The fourth-order valence-electron chi connectivity index (χ4n) is 11.0. The number of rotatable bonds is 65. The standard InChI is InChI=1S/C70H135NO5/c1-3-5-7-9-11-13-15-17-19-21-23-24-27-30-34-38-42-46-50-54-58-62-68(73)67(66-72)71-69(74)63-59-55-51-47-43-39-35-31-28-25-29-33-37-41-45-49-53-57-61-65-76-70(75)64-60-56-52-48-44-40-36-32-26-22-20-18-16-14-12-10-8-6-4-2/h33,37,41,45,67-68,72-73H,3-32,34-36,38-40,42-44,46-66H2,1-2H3,(H,71,74)/b37-33-,45-41-. The molecule has 0 radical (unpaired) electrons. The second-order valence-electron chi connectivity index (χ2n) is 23.9. The number of aliphatic hydroxyl groups is 2. The first-order chi connectivity index (χ1) is 37.5. The SMILES string of the molecule is CCCCCCCCCCCCCCCCCCCCCCCC(O)C(CO)NC(=O)CCCCCCCCCCCC/C=C\C=C/CCCCCOC(=O)CCCCCCCCCCCCCCCCCCCCC. The zero-order valence-electron chi connectivity index (χ0n) is 51.5. The van der Waals surface area contributed by atoms with Crippen LogP contribution in [0.4, 0.5) is 0 Å². The maximum Gasteiger partial charge on any atom is 0.305 e. The van der Waals surface area contributed by atoms with E-state index < -0.39 is 12.1 Å². The molecule has 1 amide bonds. The molecule has 0 aromatic rings. The normalized spacial score (nSPS) is 12.6. The van der Waals surface area contributed by atoms with Crippen LogP contribution in [-0.2, 0) is 14.3 Å². The molecule has 0 bridgehead atoms. The van der Waals surface area contributed by atoms with E-state index in [1.807, 2.05) is 0 Å². The average molecular weight is 1070 g/mol. The van der Waals surface area contributed by atoms with Crippen LogP contribution in [0.3, 0.4) is 0 Å². The Morgan fingerprint density at radius 1 is 0.368 bits per heavy atom. The first kappa shape index (κ1) is 74.3. The average Bonchev–Trinajstić information content (AvgIpc) is 3.42. The third kappa shape index (κ3) is 61.6. The lowest BCUT2D eigenvalue weighted by Crippen LogP contribution is -2.45. The molecule has 0 aliphatic rings. The van der Waals surface area contributed by atoms with Crippen molar-refractivity contribution in [2.75, 3.05) is 13.2 Å². The number of amides is 1. The summed E-state index contributed by atoms with van der Waals surface area (Å²) in [5.41, 5.74) is 0. The summed E-state index contributed by atoms with van der Waals surface area (Å²) in [4.78, 5) is 24.6. The maximum atomic E-state index is 12.5. The summed E-state index contributed by atoms with van der Waals surface area (Å²) < 4.78 is 5.48. The van der Waals surface area contributed by atoms with Crippen LogP contribution in [0.5, 0.6) is 0 Å². The predicted octanol–water partition coefficient (Wildman–Crippen LogP) is 22.1. The first-order valence-electron chi connectivity index (χ1n) is 34.6. The van der Waals surface area contributed by atoms with Gasteiger partial charge in [0.1, 0.15) is 0 Å². The van der Waals surface area contributed by atoms with Crippen molar-refractivity contribution >= 4 is 11.9 Å². The van der Waals surface area contributed by atoms with Crippen molar-refractivity contribution < 1.29 is 24.5 Å². The van der Waals surface area contributed by atoms with Gasteiger partial charge in [0.25, 0.3) is 0 Å². The topological polar surface area (TPSA) is 95.9 Å². The molecular weight excluding hydrogens is 935 g/mol. The summed E-state index contributed by atoms with van der Waals surface area (Å²) in [6.45, 7) is 4.95. The van der Waals surface area contributed by atoms with Crippen molar-refractivity contribution in [3.05, 3.63) is 24.3 Å². The van der Waals surface area contributed by atoms with Crippen LogP contribution in [-0.4, -0.2) is 47.4 Å².